The molecule has 0 saturated carbocycles. The third-order valence-corrected chi connectivity index (χ3v) is 5.09. The largest absolute Gasteiger partial charge is 0.497 e. The van der Waals surface area contributed by atoms with E-state index in [0.29, 0.717) is 17.9 Å². The van der Waals surface area contributed by atoms with Crippen molar-refractivity contribution in [2.24, 2.45) is 0 Å². The molecule has 3 rings (SSSR count). The third kappa shape index (κ3) is 7.53. The van der Waals surface area contributed by atoms with Crippen molar-refractivity contribution in [3.05, 3.63) is 76.7 Å². The van der Waals surface area contributed by atoms with Gasteiger partial charge in [0.2, 0.25) is 5.91 Å². The van der Waals surface area contributed by atoms with E-state index in [1.165, 1.54) is 13.2 Å². The molecule has 0 spiro atoms. The molecule has 13 heteroatoms. The Morgan fingerprint density at radius 2 is 1.73 bits per heavy atom. The first-order valence-corrected chi connectivity index (χ1v) is 10.7. The Morgan fingerprint density at radius 3 is 2.35 bits per heavy atom. The molecular formula is C24H22F4N4O5. The Balaban J connectivity index is 1.74. The monoisotopic (exact) mass is 522 g/mol. The SMILES string of the molecule is COC(=O)Cn1nc(NC(=O)c2cc(F)cc(C(F)(F)F)c2)cc1CC(=O)NCc1ccc(OC)cc1. The fourth-order valence-corrected chi connectivity index (χ4v) is 3.23. The summed E-state index contributed by atoms with van der Waals surface area (Å²) < 4.78 is 63.4. The molecule has 37 heavy (non-hydrogen) atoms. The van der Waals surface area contributed by atoms with Gasteiger partial charge in [0, 0.05) is 18.2 Å². The van der Waals surface area contributed by atoms with Gasteiger partial charge < -0.3 is 20.1 Å². The van der Waals surface area contributed by atoms with Crippen molar-refractivity contribution in [3.8, 4) is 5.75 Å². The van der Waals surface area contributed by atoms with Crippen LogP contribution < -0.4 is 15.4 Å². The predicted octanol–water partition coefficient (Wildman–Crippen LogP) is 3.33. The number of aromatic nitrogens is 2. The maximum atomic E-state index is 13.7. The molecule has 0 atom stereocenters. The van der Waals surface area contributed by atoms with Crippen LogP contribution in [0.3, 0.4) is 0 Å². The molecule has 1 heterocycles. The number of anilines is 1. The molecular weight excluding hydrogens is 500 g/mol. The molecule has 196 valence electrons. The lowest BCUT2D eigenvalue weighted by molar-refractivity contribution is -0.141. The van der Waals surface area contributed by atoms with Gasteiger partial charge in [-0.05, 0) is 35.9 Å². The predicted molar refractivity (Wildman–Crippen MR) is 122 cm³/mol. The first-order chi connectivity index (χ1) is 17.5. The number of carbonyl (C=O) groups is 3. The molecule has 9 nitrogen and oxygen atoms in total. The zero-order valence-electron chi connectivity index (χ0n) is 19.7. The highest BCUT2D eigenvalue weighted by molar-refractivity contribution is 6.04. The van der Waals surface area contributed by atoms with E-state index in [4.69, 9.17) is 4.74 Å². The van der Waals surface area contributed by atoms with E-state index >= 15 is 0 Å². The smallest absolute Gasteiger partial charge is 0.416 e. The number of methoxy groups -OCH3 is 2. The van der Waals surface area contributed by atoms with Crippen molar-refractivity contribution >= 4 is 23.6 Å². The maximum Gasteiger partial charge on any atom is 0.416 e. The van der Waals surface area contributed by atoms with Crippen molar-refractivity contribution in [3.63, 3.8) is 0 Å². The van der Waals surface area contributed by atoms with E-state index in [-0.39, 0.29) is 30.5 Å². The van der Waals surface area contributed by atoms with Crippen LogP contribution in [0.4, 0.5) is 23.4 Å². The van der Waals surface area contributed by atoms with E-state index in [1.807, 2.05) is 0 Å². The second-order valence-corrected chi connectivity index (χ2v) is 7.74. The highest BCUT2D eigenvalue weighted by Gasteiger charge is 2.32. The summed E-state index contributed by atoms with van der Waals surface area (Å²) in [7, 11) is 2.68. The number of esters is 1. The second-order valence-electron chi connectivity index (χ2n) is 7.74. The van der Waals surface area contributed by atoms with Crippen LogP contribution in [0, 0.1) is 5.82 Å². The zero-order chi connectivity index (χ0) is 27.2. The molecule has 0 radical (unpaired) electrons. The Morgan fingerprint density at radius 1 is 1.03 bits per heavy atom. The van der Waals surface area contributed by atoms with Gasteiger partial charge in [0.1, 0.15) is 18.1 Å². The molecule has 2 aromatic carbocycles. The molecule has 1 aromatic heterocycles. The maximum absolute atomic E-state index is 13.7. The Bertz CT molecular complexity index is 1290. The molecule has 0 aliphatic carbocycles. The summed E-state index contributed by atoms with van der Waals surface area (Å²) in [6, 6.07) is 9.69. The van der Waals surface area contributed by atoms with E-state index in [9.17, 15) is 31.9 Å². The van der Waals surface area contributed by atoms with Gasteiger partial charge in [-0.2, -0.15) is 18.3 Å². The lowest BCUT2D eigenvalue weighted by Crippen LogP contribution is -2.26. The molecule has 3 aromatic rings. The first-order valence-electron chi connectivity index (χ1n) is 10.7. The van der Waals surface area contributed by atoms with Gasteiger partial charge in [0.05, 0.1) is 31.9 Å². The number of ether oxygens (including phenoxy) is 2. The van der Waals surface area contributed by atoms with Crippen LogP contribution in [0.2, 0.25) is 0 Å². The van der Waals surface area contributed by atoms with Crippen molar-refractivity contribution in [2.75, 3.05) is 19.5 Å². The summed E-state index contributed by atoms with van der Waals surface area (Å²) in [6.45, 7) is -0.190. The van der Waals surface area contributed by atoms with E-state index in [2.05, 4.69) is 20.5 Å². The molecule has 0 saturated heterocycles. The quantitative estimate of drug-likeness (QED) is 0.330. The lowest BCUT2D eigenvalue weighted by Gasteiger charge is -2.09. The average molecular weight is 522 g/mol. The van der Waals surface area contributed by atoms with Gasteiger partial charge in [-0.25, -0.2) is 4.39 Å². The lowest BCUT2D eigenvalue weighted by atomic mass is 10.1. The molecule has 0 bridgehead atoms. The summed E-state index contributed by atoms with van der Waals surface area (Å²) in [5, 5.41) is 8.99. The summed E-state index contributed by atoms with van der Waals surface area (Å²) in [5.74, 6) is -2.94. The number of nitrogens with one attached hydrogen (secondary N) is 2. The Labute approximate surface area is 208 Å². The molecule has 0 aliphatic rings. The van der Waals surface area contributed by atoms with Gasteiger partial charge in [-0.15, -0.1) is 0 Å². The van der Waals surface area contributed by atoms with E-state index in [1.54, 1.807) is 24.3 Å². The van der Waals surface area contributed by atoms with Crippen LogP contribution in [-0.4, -0.2) is 41.8 Å². The summed E-state index contributed by atoms with van der Waals surface area (Å²) in [5.41, 5.74) is -0.904. The molecule has 0 fully saturated rings. The summed E-state index contributed by atoms with van der Waals surface area (Å²) in [4.78, 5) is 36.8. The fourth-order valence-electron chi connectivity index (χ4n) is 3.23. The zero-order valence-corrected chi connectivity index (χ0v) is 19.7. The number of nitrogens with zero attached hydrogens (tertiary/aromatic N) is 2. The van der Waals surface area contributed by atoms with E-state index < -0.39 is 47.4 Å². The van der Waals surface area contributed by atoms with Crippen LogP contribution >= 0.6 is 0 Å². The number of rotatable bonds is 9. The van der Waals surface area contributed by atoms with Crippen LogP contribution in [0.15, 0.2) is 48.5 Å². The Hall–Kier alpha value is -4.42. The first kappa shape index (κ1) is 27.2. The van der Waals surface area contributed by atoms with Crippen LogP contribution in [0.5, 0.6) is 5.75 Å². The van der Waals surface area contributed by atoms with Crippen molar-refractivity contribution < 1.29 is 41.4 Å². The summed E-state index contributed by atoms with van der Waals surface area (Å²) >= 11 is 0. The Kier molecular flexibility index (Phi) is 8.48. The normalized spacial score (nSPS) is 11.1. The van der Waals surface area contributed by atoms with Gasteiger partial charge in [-0.3, -0.25) is 19.1 Å². The second kappa shape index (κ2) is 11.5. The van der Waals surface area contributed by atoms with Gasteiger partial charge in [-0.1, -0.05) is 12.1 Å². The number of benzene rings is 2. The van der Waals surface area contributed by atoms with Crippen molar-refractivity contribution in [1.82, 2.24) is 15.1 Å². The number of hydrogen-bond donors (Lipinski definition) is 2. The highest BCUT2D eigenvalue weighted by atomic mass is 19.4. The summed E-state index contributed by atoms with van der Waals surface area (Å²) in [6.07, 6.45) is -5.10. The number of hydrogen-bond acceptors (Lipinski definition) is 6. The highest BCUT2D eigenvalue weighted by Crippen LogP contribution is 2.30. The number of amides is 2. The number of carbonyl (C=O) groups excluding carboxylic acids is 3. The minimum Gasteiger partial charge on any atom is -0.497 e. The van der Waals surface area contributed by atoms with Gasteiger partial charge >= 0.3 is 12.1 Å². The minimum absolute atomic E-state index is 0.162. The number of halogens is 4. The van der Waals surface area contributed by atoms with Crippen LogP contribution in [-0.2, 0) is 40.0 Å². The average Bonchev–Trinajstić information content (AvgIpc) is 3.21. The van der Waals surface area contributed by atoms with Crippen molar-refractivity contribution in [1.29, 1.82) is 0 Å². The van der Waals surface area contributed by atoms with Gasteiger partial charge in [0.15, 0.2) is 5.82 Å². The van der Waals surface area contributed by atoms with E-state index in [0.717, 1.165) is 17.4 Å². The third-order valence-electron chi connectivity index (χ3n) is 5.09. The topological polar surface area (TPSA) is 112 Å². The molecule has 0 unspecified atom stereocenters. The minimum atomic E-state index is -4.86. The van der Waals surface area contributed by atoms with Crippen LogP contribution in [0.1, 0.15) is 27.2 Å². The molecule has 2 N–H and O–H groups in total. The molecule has 0 aliphatic heterocycles. The standard InChI is InChI=1S/C24H22F4N4O5/c1-36-19-5-3-14(4-6-19)12-29-21(33)11-18-10-20(31-32(18)13-22(34)37-2)30-23(35)15-7-16(24(26,27)28)9-17(25)8-15/h3-10H,11-13H2,1-2H3,(H,29,33)(H,30,31,35). The number of alkyl halides is 3. The van der Waals surface area contributed by atoms with Crippen molar-refractivity contribution in [2.45, 2.75) is 25.7 Å². The van der Waals surface area contributed by atoms with Gasteiger partial charge in [0.25, 0.3) is 5.91 Å². The van der Waals surface area contributed by atoms with Crippen LogP contribution in [0.25, 0.3) is 0 Å². The molecule has 2 amide bonds. The fraction of sp³-hybridized carbons (Fsp3) is 0.250.